The molecule has 88 heavy (non-hydrogen) atoms. The van der Waals surface area contributed by atoms with Crippen molar-refractivity contribution in [2.45, 2.75) is 300 Å². The summed E-state index contributed by atoms with van der Waals surface area (Å²) in [5.41, 5.74) is 7.18. The van der Waals surface area contributed by atoms with Crippen molar-refractivity contribution in [3.05, 3.63) is 71.8 Å². The Kier molecular flexibility index (Phi) is 23.3. The van der Waals surface area contributed by atoms with Gasteiger partial charge in [0.25, 0.3) is 0 Å². The molecule has 6 nitrogen and oxygen atoms in total. The van der Waals surface area contributed by atoms with E-state index < -0.39 is 0 Å². The molecule has 0 heterocycles. The van der Waals surface area contributed by atoms with Crippen LogP contribution in [-0.2, 0) is 19.1 Å². The average Bonchev–Trinajstić information content (AvgIpc) is 1.39. The van der Waals surface area contributed by atoms with E-state index in [1.807, 2.05) is 0 Å². The van der Waals surface area contributed by atoms with E-state index in [-0.39, 0.29) is 35.0 Å². The summed E-state index contributed by atoms with van der Waals surface area (Å²) in [4.78, 5) is 26.2. The lowest BCUT2D eigenvalue weighted by Gasteiger charge is -2.58. The van der Waals surface area contributed by atoms with E-state index in [9.17, 15) is 9.59 Å². The number of rotatable bonds is 31. The first-order chi connectivity index (χ1) is 42.4. The lowest BCUT2D eigenvalue weighted by atomic mass is 9.47. The summed E-state index contributed by atoms with van der Waals surface area (Å²) in [6, 6.07) is 16.9. The molecule has 2 aromatic carbocycles. The highest BCUT2D eigenvalue weighted by atomic mass is 16.5. The van der Waals surface area contributed by atoms with Crippen LogP contribution < -0.4 is 9.47 Å². The molecular weight excluding hydrogens is 1080 g/mol. The first-order valence-corrected chi connectivity index (χ1v) is 37.6. The lowest BCUT2D eigenvalue weighted by Crippen LogP contribution is -2.51. The monoisotopic (exact) mass is 1210 g/mol. The highest BCUT2D eigenvalue weighted by Gasteiger charge is 2.61. The third-order valence-electron chi connectivity index (χ3n) is 26.7. The van der Waals surface area contributed by atoms with Gasteiger partial charge in [-0.05, 0) is 244 Å². The second-order valence-corrected chi connectivity index (χ2v) is 33.1. The second kappa shape index (κ2) is 30.5. The zero-order valence-electron chi connectivity index (χ0n) is 57.8. The molecule has 6 saturated carbocycles. The molecule has 16 atom stereocenters. The Balaban J connectivity index is 0.534. The maximum atomic E-state index is 13.1. The van der Waals surface area contributed by atoms with Crippen molar-refractivity contribution in [3.63, 3.8) is 0 Å². The van der Waals surface area contributed by atoms with Gasteiger partial charge < -0.3 is 18.9 Å². The molecule has 0 aliphatic heterocycles. The molecule has 0 saturated heterocycles. The van der Waals surface area contributed by atoms with Crippen LogP contribution in [-0.4, -0.2) is 37.4 Å². The van der Waals surface area contributed by atoms with Gasteiger partial charge >= 0.3 is 11.9 Å². The van der Waals surface area contributed by atoms with Crippen molar-refractivity contribution < 1.29 is 28.5 Å². The minimum absolute atomic E-state index is 0.00783. The number of ether oxygens (including phenoxy) is 4. The van der Waals surface area contributed by atoms with Gasteiger partial charge in [0, 0.05) is 25.7 Å². The van der Waals surface area contributed by atoms with E-state index >= 15 is 0 Å². The van der Waals surface area contributed by atoms with Gasteiger partial charge in [0.15, 0.2) is 0 Å². The van der Waals surface area contributed by atoms with Crippen LogP contribution in [0.15, 0.2) is 71.8 Å². The molecular formula is C82H126O6. The Morgan fingerprint density at radius 3 is 1.22 bits per heavy atom. The van der Waals surface area contributed by atoms with E-state index in [2.05, 4.69) is 130 Å². The van der Waals surface area contributed by atoms with Crippen LogP contribution in [0.4, 0.5) is 0 Å². The second-order valence-electron chi connectivity index (χ2n) is 33.1. The molecule has 0 unspecified atom stereocenters. The average molecular weight is 1210 g/mol. The van der Waals surface area contributed by atoms with Gasteiger partial charge in [-0.25, -0.2) is 0 Å². The Labute approximate surface area is 537 Å². The number of carbonyl (C=O) groups excluding carboxylic acids is 2. The quantitative estimate of drug-likeness (QED) is 0.0426. The molecule has 2 aromatic rings. The zero-order valence-corrected chi connectivity index (χ0v) is 57.8. The molecule has 0 N–H and O–H groups in total. The normalized spacial score (nSPS) is 33.8. The summed E-state index contributed by atoms with van der Waals surface area (Å²) in [6.45, 7) is 26.7. The van der Waals surface area contributed by atoms with Crippen LogP contribution in [0.2, 0.25) is 0 Å². The van der Waals surface area contributed by atoms with Crippen molar-refractivity contribution in [2.24, 2.45) is 92.7 Å². The Morgan fingerprint density at radius 2 is 0.818 bits per heavy atom. The number of benzene rings is 2. The molecule has 0 aromatic heterocycles. The zero-order chi connectivity index (χ0) is 62.1. The van der Waals surface area contributed by atoms with Crippen LogP contribution in [0.1, 0.15) is 288 Å². The number of unbranched alkanes of at least 4 members (excludes halogenated alkanes) is 8. The summed E-state index contributed by atoms with van der Waals surface area (Å²) >= 11 is 0. The first kappa shape index (κ1) is 67.4. The van der Waals surface area contributed by atoms with Gasteiger partial charge in [-0.3, -0.25) is 9.59 Å². The number of fused-ring (bicyclic) bond motifs is 10. The number of hydrogen-bond donors (Lipinski definition) is 0. The van der Waals surface area contributed by atoms with Crippen LogP contribution in [0.5, 0.6) is 11.5 Å². The fourth-order valence-corrected chi connectivity index (χ4v) is 21.7. The van der Waals surface area contributed by atoms with Crippen molar-refractivity contribution in [3.8, 4) is 22.6 Å². The SMILES string of the molecule is CC(C)CCC[C@@H](C)[C@H]1CC[C@H]2[C@@H]3CC=C4C[C@@H](OC(=O)CCCCCCCOc5ccc(-c6ccc(OCCCCCCCC(=O)O[C@H]7CC[C@@]8(C)C(=CC[C@H]9[C@@H]%10CC[C@H]([C@H](C)CCCC(C)C)[C@@]%10(C)CC[C@@H]98)C7)cc6)cc5)CC[C@]4(C)[C@H]3CC[C@]12C. The standard InChI is InChI=1S/C82H126O6/c1-57(2)23-21-25-59(5)71-41-43-73-69-39-33-63-55-67(45-49-79(63,7)75(69)47-51-81(71,73)9)87-77(83)27-17-13-11-15-19-53-85-65-35-29-61(30-36-65)62-31-37-66(38-32-62)86-54-20-16-12-14-18-28-78(84)88-68-46-50-80(8)64(56-68)34-40-70-74-44-42-72(60(6)26-22-24-58(3)4)82(74,10)52-48-76(70)80/h29-38,57-60,67-76H,11-28,39-56H2,1-10H3/t59-,60-,67+,68+,69+,70+,71-,72-,73+,74+,75+,76+,79+,80+,81-,82-/m1/s1. The predicted molar refractivity (Wildman–Crippen MR) is 364 cm³/mol. The summed E-state index contributed by atoms with van der Waals surface area (Å²) in [5, 5.41) is 0. The third kappa shape index (κ3) is 15.7. The van der Waals surface area contributed by atoms with Gasteiger partial charge in [-0.1, -0.05) is 194 Å². The van der Waals surface area contributed by atoms with E-state index in [1.165, 1.54) is 116 Å². The maximum absolute atomic E-state index is 13.1. The molecule has 6 fully saturated rings. The van der Waals surface area contributed by atoms with Crippen LogP contribution >= 0.6 is 0 Å². The van der Waals surface area contributed by atoms with Crippen molar-refractivity contribution in [1.29, 1.82) is 0 Å². The number of esters is 2. The van der Waals surface area contributed by atoms with Crippen LogP contribution in [0.25, 0.3) is 11.1 Å². The lowest BCUT2D eigenvalue weighted by molar-refractivity contribution is -0.152. The maximum Gasteiger partial charge on any atom is 0.306 e. The molecule has 6 heteroatoms. The topological polar surface area (TPSA) is 71.1 Å². The van der Waals surface area contributed by atoms with Gasteiger partial charge in [-0.15, -0.1) is 0 Å². The molecule has 8 aliphatic carbocycles. The summed E-state index contributed by atoms with van der Waals surface area (Å²) < 4.78 is 24.7. The molecule has 8 aliphatic rings. The van der Waals surface area contributed by atoms with Crippen molar-refractivity contribution in [2.75, 3.05) is 13.2 Å². The Bertz CT molecular complexity index is 2420. The molecule has 0 bridgehead atoms. The van der Waals surface area contributed by atoms with E-state index in [0.717, 1.165) is 184 Å². The minimum atomic E-state index is 0.00783. The van der Waals surface area contributed by atoms with E-state index in [0.29, 0.717) is 36.9 Å². The van der Waals surface area contributed by atoms with Crippen molar-refractivity contribution in [1.82, 2.24) is 0 Å². The molecule has 0 radical (unpaired) electrons. The third-order valence-corrected chi connectivity index (χ3v) is 26.7. The fourth-order valence-electron chi connectivity index (χ4n) is 21.7. The van der Waals surface area contributed by atoms with Gasteiger partial charge in [-0.2, -0.15) is 0 Å². The number of hydrogen-bond acceptors (Lipinski definition) is 6. The predicted octanol–water partition coefficient (Wildman–Crippen LogP) is 22.7. The number of carbonyl (C=O) groups is 2. The Morgan fingerprint density at radius 1 is 0.432 bits per heavy atom. The molecule has 10 rings (SSSR count). The largest absolute Gasteiger partial charge is 0.494 e. The molecule has 0 amide bonds. The summed E-state index contributed by atoms with van der Waals surface area (Å²) in [5.74, 6) is 12.0. The fraction of sp³-hybridized carbons (Fsp3) is 0.780. The Hall–Kier alpha value is -3.54. The smallest absolute Gasteiger partial charge is 0.306 e. The highest BCUT2D eigenvalue weighted by molar-refractivity contribution is 5.70. The molecule has 0 spiro atoms. The highest BCUT2D eigenvalue weighted by Crippen LogP contribution is 2.69. The van der Waals surface area contributed by atoms with E-state index in [1.54, 1.807) is 11.1 Å². The summed E-state index contributed by atoms with van der Waals surface area (Å²) in [7, 11) is 0. The summed E-state index contributed by atoms with van der Waals surface area (Å²) in [6.07, 6.45) is 45.4. The van der Waals surface area contributed by atoms with Crippen LogP contribution in [0, 0.1) is 92.7 Å². The van der Waals surface area contributed by atoms with E-state index in [4.69, 9.17) is 18.9 Å². The minimum Gasteiger partial charge on any atom is -0.494 e. The van der Waals surface area contributed by atoms with Crippen LogP contribution in [0.3, 0.4) is 0 Å². The van der Waals surface area contributed by atoms with Gasteiger partial charge in [0.2, 0.25) is 0 Å². The van der Waals surface area contributed by atoms with Gasteiger partial charge in [0.1, 0.15) is 23.7 Å². The number of allylic oxidation sites excluding steroid dienone is 2. The van der Waals surface area contributed by atoms with Crippen molar-refractivity contribution >= 4 is 11.9 Å². The first-order valence-electron chi connectivity index (χ1n) is 37.6. The molecule has 490 valence electrons. The van der Waals surface area contributed by atoms with Gasteiger partial charge in [0.05, 0.1) is 13.2 Å².